The minimum atomic E-state index is 0. The first kappa shape index (κ1) is 23.1. The van der Waals surface area contributed by atoms with Crippen LogP contribution in [0, 0.1) is 5.41 Å². The smallest absolute Gasteiger partial charge is 0.191 e. The number of aryl methyl sites for hydroxylation is 1. The fraction of sp³-hybridized carbons (Fsp3) is 0.833. The lowest BCUT2D eigenvalue weighted by molar-refractivity contribution is 0.177. The van der Waals surface area contributed by atoms with Gasteiger partial charge < -0.3 is 15.4 Å². The van der Waals surface area contributed by atoms with Gasteiger partial charge in [0.2, 0.25) is 0 Å². The monoisotopic (exact) mass is 478 g/mol. The van der Waals surface area contributed by atoms with E-state index in [4.69, 9.17) is 9.73 Å². The van der Waals surface area contributed by atoms with Gasteiger partial charge in [0, 0.05) is 32.7 Å². The molecule has 0 radical (unpaired) electrons. The number of aromatic nitrogens is 3. The van der Waals surface area contributed by atoms with Crippen LogP contribution in [0.2, 0.25) is 0 Å². The highest BCUT2D eigenvalue weighted by Gasteiger charge is 2.22. The number of aliphatic imine (C=N–C) groups is 1. The summed E-state index contributed by atoms with van der Waals surface area (Å²) in [6, 6.07) is 0.324. The van der Waals surface area contributed by atoms with Crippen molar-refractivity contribution >= 4 is 29.9 Å². The van der Waals surface area contributed by atoms with Gasteiger partial charge in [-0.25, -0.2) is 9.67 Å². The molecule has 2 N–H and O–H groups in total. The Labute approximate surface area is 174 Å². The number of guanidine groups is 1. The second-order valence-corrected chi connectivity index (χ2v) is 7.86. The predicted molar refractivity (Wildman–Crippen MR) is 116 cm³/mol. The van der Waals surface area contributed by atoms with Gasteiger partial charge in [-0.2, -0.15) is 5.10 Å². The largest absolute Gasteiger partial charge is 0.377 e. The van der Waals surface area contributed by atoms with Crippen molar-refractivity contribution in [1.82, 2.24) is 25.4 Å². The minimum Gasteiger partial charge on any atom is -0.377 e. The van der Waals surface area contributed by atoms with Crippen molar-refractivity contribution in [3.05, 3.63) is 11.6 Å². The summed E-state index contributed by atoms with van der Waals surface area (Å²) in [5.41, 5.74) is 0.369. The average Bonchev–Trinajstić information content (AvgIpc) is 2.93. The summed E-state index contributed by atoms with van der Waals surface area (Å²) in [6.07, 6.45) is 4.26. The molecule has 150 valence electrons. The summed E-state index contributed by atoms with van der Waals surface area (Å²) in [6.45, 7) is 11.9. The van der Waals surface area contributed by atoms with Crippen LogP contribution in [0.5, 0.6) is 0 Å². The molecule has 26 heavy (non-hydrogen) atoms. The third kappa shape index (κ3) is 7.77. The van der Waals surface area contributed by atoms with Crippen molar-refractivity contribution in [3.8, 4) is 0 Å². The molecule has 1 aromatic heterocycles. The molecule has 7 nitrogen and oxygen atoms in total. The number of hydrogen-bond acceptors (Lipinski definition) is 4. The van der Waals surface area contributed by atoms with Crippen molar-refractivity contribution in [2.45, 2.75) is 72.6 Å². The molecule has 1 unspecified atom stereocenters. The Balaban J connectivity index is 0.00000338. The van der Waals surface area contributed by atoms with Crippen molar-refractivity contribution < 1.29 is 4.74 Å². The molecule has 1 aliphatic heterocycles. The SMILES string of the molecule is CCNC(=NCCCC(C)(C)C)NC1CCc2nc(COC)nn2C1.I. The van der Waals surface area contributed by atoms with Crippen molar-refractivity contribution in [2.75, 3.05) is 20.2 Å². The van der Waals surface area contributed by atoms with E-state index >= 15 is 0 Å². The molecular weight excluding hydrogens is 443 g/mol. The number of methoxy groups -OCH3 is 1. The number of hydrogen-bond donors (Lipinski definition) is 2. The summed E-state index contributed by atoms with van der Waals surface area (Å²) in [7, 11) is 1.67. The van der Waals surface area contributed by atoms with Crippen LogP contribution in [0.4, 0.5) is 0 Å². The lowest BCUT2D eigenvalue weighted by atomic mass is 9.91. The van der Waals surface area contributed by atoms with Crippen LogP contribution in [-0.2, 0) is 24.3 Å². The highest BCUT2D eigenvalue weighted by atomic mass is 127. The zero-order chi connectivity index (χ0) is 18.3. The maximum atomic E-state index is 5.12. The summed E-state index contributed by atoms with van der Waals surface area (Å²) in [5, 5.41) is 11.4. The molecule has 8 heteroatoms. The summed E-state index contributed by atoms with van der Waals surface area (Å²) < 4.78 is 7.12. The summed E-state index contributed by atoms with van der Waals surface area (Å²) in [5.74, 6) is 2.72. The lowest BCUT2D eigenvalue weighted by Crippen LogP contribution is -2.47. The van der Waals surface area contributed by atoms with E-state index in [9.17, 15) is 0 Å². The molecule has 1 aromatic rings. The topological polar surface area (TPSA) is 76.4 Å². The van der Waals surface area contributed by atoms with Gasteiger partial charge in [0.05, 0.1) is 6.54 Å². The Morgan fingerprint density at radius 3 is 2.81 bits per heavy atom. The van der Waals surface area contributed by atoms with Gasteiger partial charge in [-0.3, -0.25) is 4.99 Å². The second-order valence-electron chi connectivity index (χ2n) is 7.86. The first-order valence-electron chi connectivity index (χ1n) is 9.37. The molecule has 0 aromatic carbocycles. The zero-order valence-corrected chi connectivity index (χ0v) is 19.2. The van der Waals surface area contributed by atoms with Crippen molar-refractivity contribution in [2.24, 2.45) is 10.4 Å². The maximum Gasteiger partial charge on any atom is 0.191 e. The average molecular weight is 478 g/mol. The van der Waals surface area contributed by atoms with Crippen LogP contribution in [0.15, 0.2) is 4.99 Å². The molecule has 0 spiro atoms. The van der Waals surface area contributed by atoms with Gasteiger partial charge in [0.15, 0.2) is 11.8 Å². The van der Waals surface area contributed by atoms with Crippen molar-refractivity contribution in [1.29, 1.82) is 0 Å². The standard InChI is InChI=1S/C18H34N6O.HI/c1-6-19-17(20-11-7-10-18(2,3)4)21-14-8-9-16-22-15(13-25-5)23-24(16)12-14;/h14H,6-13H2,1-5H3,(H2,19,20,21);1H. The van der Waals surface area contributed by atoms with Gasteiger partial charge in [-0.1, -0.05) is 20.8 Å². The Kier molecular flexibility index (Phi) is 9.84. The zero-order valence-electron chi connectivity index (χ0n) is 16.8. The first-order chi connectivity index (χ1) is 11.9. The molecule has 2 heterocycles. The third-order valence-electron chi connectivity index (χ3n) is 4.22. The molecule has 1 atom stereocenters. The summed E-state index contributed by atoms with van der Waals surface area (Å²) >= 11 is 0. The molecule has 1 aliphatic rings. The number of rotatable bonds is 7. The third-order valence-corrected chi connectivity index (χ3v) is 4.22. The minimum absolute atomic E-state index is 0. The summed E-state index contributed by atoms with van der Waals surface area (Å²) in [4.78, 5) is 9.26. The number of ether oxygens (including phenoxy) is 1. The van der Waals surface area contributed by atoms with E-state index in [0.29, 0.717) is 18.1 Å². The van der Waals surface area contributed by atoms with E-state index in [1.165, 1.54) is 6.42 Å². The van der Waals surface area contributed by atoms with Crippen LogP contribution < -0.4 is 10.6 Å². The fourth-order valence-corrected chi connectivity index (χ4v) is 2.98. The second kappa shape index (κ2) is 11.1. The highest BCUT2D eigenvalue weighted by Crippen LogP contribution is 2.20. The molecule has 0 aliphatic carbocycles. The number of fused-ring (bicyclic) bond motifs is 1. The van der Waals surface area contributed by atoms with Gasteiger partial charge in [0.1, 0.15) is 12.4 Å². The van der Waals surface area contributed by atoms with Gasteiger partial charge in [-0.15, -0.1) is 24.0 Å². The predicted octanol–water partition coefficient (Wildman–Crippen LogP) is 2.74. The molecule has 0 saturated carbocycles. The number of nitrogens with zero attached hydrogens (tertiary/aromatic N) is 4. The van der Waals surface area contributed by atoms with Crippen LogP contribution in [0.1, 0.15) is 58.6 Å². The Morgan fingerprint density at radius 1 is 1.38 bits per heavy atom. The van der Waals surface area contributed by atoms with E-state index in [1.807, 2.05) is 4.68 Å². The van der Waals surface area contributed by atoms with Crippen LogP contribution >= 0.6 is 24.0 Å². The Hall–Kier alpha value is -0.900. The normalized spacial score (nSPS) is 17.4. The van der Waals surface area contributed by atoms with E-state index in [0.717, 1.165) is 56.5 Å². The molecule has 2 rings (SSSR count). The molecule has 0 bridgehead atoms. The van der Waals surface area contributed by atoms with Crippen LogP contribution in [0.25, 0.3) is 0 Å². The van der Waals surface area contributed by atoms with Crippen LogP contribution in [-0.4, -0.2) is 47.0 Å². The maximum absolute atomic E-state index is 5.12. The van der Waals surface area contributed by atoms with E-state index in [2.05, 4.69) is 48.4 Å². The molecule has 0 amide bonds. The van der Waals surface area contributed by atoms with E-state index < -0.39 is 0 Å². The van der Waals surface area contributed by atoms with E-state index in [1.54, 1.807) is 7.11 Å². The first-order valence-corrected chi connectivity index (χ1v) is 9.37. The molecule has 0 fully saturated rings. The van der Waals surface area contributed by atoms with E-state index in [-0.39, 0.29) is 24.0 Å². The fourth-order valence-electron chi connectivity index (χ4n) is 2.98. The number of halogens is 1. The molecule has 0 saturated heterocycles. The quantitative estimate of drug-likeness (QED) is 0.273. The Bertz CT molecular complexity index is 567. The van der Waals surface area contributed by atoms with Crippen LogP contribution in [0.3, 0.4) is 0 Å². The molecular formula is C18H35IN6O. The van der Waals surface area contributed by atoms with Gasteiger partial charge >= 0.3 is 0 Å². The van der Waals surface area contributed by atoms with Gasteiger partial charge in [0.25, 0.3) is 0 Å². The van der Waals surface area contributed by atoms with Crippen molar-refractivity contribution in [3.63, 3.8) is 0 Å². The number of nitrogens with one attached hydrogen (secondary N) is 2. The highest BCUT2D eigenvalue weighted by molar-refractivity contribution is 14.0. The lowest BCUT2D eigenvalue weighted by Gasteiger charge is -2.25. The van der Waals surface area contributed by atoms with Gasteiger partial charge in [-0.05, 0) is 31.6 Å². The Morgan fingerprint density at radius 2 is 2.15 bits per heavy atom.